The Hall–Kier alpha value is -1.97. The van der Waals surface area contributed by atoms with Gasteiger partial charge in [-0.2, -0.15) is 4.72 Å². The van der Waals surface area contributed by atoms with Crippen molar-refractivity contribution in [2.75, 3.05) is 12.4 Å². The van der Waals surface area contributed by atoms with Gasteiger partial charge in [-0.25, -0.2) is 12.8 Å². The van der Waals surface area contributed by atoms with E-state index in [-0.39, 0.29) is 10.6 Å². The number of methoxy groups -OCH3 is 1. The Balaban J connectivity index is 2.13. The largest absolute Gasteiger partial charge is 0.496 e. The van der Waals surface area contributed by atoms with Gasteiger partial charge >= 0.3 is 0 Å². The molecule has 0 aliphatic carbocycles. The summed E-state index contributed by atoms with van der Waals surface area (Å²) in [6.45, 7) is 3.09. The molecule has 0 unspecified atom stereocenters. The summed E-state index contributed by atoms with van der Waals surface area (Å²) in [6.07, 6.45) is 0. The molecule has 0 saturated heterocycles. The van der Waals surface area contributed by atoms with E-state index >= 15 is 0 Å². The maximum atomic E-state index is 13.8. The zero-order chi connectivity index (χ0) is 19.5. The molecule has 2 N–H and O–H groups in total. The fraction of sp³-hybridized carbons (Fsp3) is 0.235. The third-order valence-electron chi connectivity index (χ3n) is 3.59. The molecule has 0 fully saturated rings. The van der Waals surface area contributed by atoms with Gasteiger partial charge in [0.1, 0.15) is 11.6 Å². The Bertz CT molecular complexity index is 934. The Morgan fingerprint density at radius 1 is 1.23 bits per heavy atom. The molecule has 0 aromatic heterocycles. The number of carbonyl (C=O) groups is 1. The first-order valence-corrected chi connectivity index (χ1v) is 9.84. The monoisotopic (exact) mass is 444 g/mol. The molecule has 26 heavy (non-hydrogen) atoms. The van der Waals surface area contributed by atoms with Gasteiger partial charge in [0.05, 0.1) is 23.7 Å². The number of benzene rings is 2. The Kier molecular flexibility index (Phi) is 6.38. The van der Waals surface area contributed by atoms with Gasteiger partial charge in [0.15, 0.2) is 0 Å². The van der Waals surface area contributed by atoms with Gasteiger partial charge in [-0.3, -0.25) is 4.79 Å². The predicted molar refractivity (Wildman–Crippen MR) is 100 cm³/mol. The summed E-state index contributed by atoms with van der Waals surface area (Å²) >= 11 is 3.12. The lowest BCUT2D eigenvalue weighted by molar-refractivity contribution is -0.117. The van der Waals surface area contributed by atoms with E-state index in [2.05, 4.69) is 26.0 Å². The van der Waals surface area contributed by atoms with Crippen molar-refractivity contribution in [3.05, 3.63) is 52.3 Å². The summed E-state index contributed by atoms with van der Waals surface area (Å²) in [4.78, 5) is 12.2. The number of rotatable bonds is 6. The first-order chi connectivity index (χ1) is 12.1. The molecule has 0 saturated carbocycles. The average Bonchev–Trinajstić information content (AvgIpc) is 2.56. The van der Waals surface area contributed by atoms with E-state index < -0.39 is 27.8 Å². The number of amides is 1. The van der Waals surface area contributed by atoms with E-state index in [1.165, 1.54) is 44.4 Å². The average molecular weight is 445 g/mol. The first kappa shape index (κ1) is 20.3. The molecule has 0 aliphatic heterocycles. The van der Waals surface area contributed by atoms with Gasteiger partial charge in [0, 0.05) is 4.47 Å². The first-order valence-electron chi connectivity index (χ1n) is 7.57. The van der Waals surface area contributed by atoms with Crippen LogP contribution in [0.15, 0.2) is 45.8 Å². The molecule has 6 nitrogen and oxygen atoms in total. The number of hydrogen-bond acceptors (Lipinski definition) is 4. The minimum atomic E-state index is -3.93. The summed E-state index contributed by atoms with van der Waals surface area (Å²) in [7, 11) is -2.44. The maximum absolute atomic E-state index is 13.8. The summed E-state index contributed by atoms with van der Waals surface area (Å²) in [5, 5.41) is 2.36. The Morgan fingerprint density at radius 3 is 2.50 bits per heavy atom. The maximum Gasteiger partial charge on any atom is 0.242 e. The molecule has 0 spiro atoms. The molecule has 0 radical (unpaired) electrons. The molecule has 0 bridgehead atoms. The molecule has 2 aromatic carbocycles. The lowest BCUT2D eigenvalue weighted by Gasteiger charge is -2.15. The van der Waals surface area contributed by atoms with Crippen LogP contribution in [-0.4, -0.2) is 27.5 Å². The topological polar surface area (TPSA) is 84.5 Å². The lowest BCUT2D eigenvalue weighted by atomic mass is 10.2. The van der Waals surface area contributed by atoms with Crippen LogP contribution in [0.25, 0.3) is 0 Å². The fourth-order valence-corrected chi connectivity index (χ4v) is 3.83. The van der Waals surface area contributed by atoms with Gasteiger partial charge in [-0.1, -0.05) is 15.9 Å². The molecule has 2 rings (SSSR count). The van der Waals surface area contributed by atoms with Crippen LogP contribution in [0, 0.1) is 12.7 Å². The highest BCUT2D eigenvalue weighted by Gasteiger charge is 2.23. The molecule has 9 heteroatoms. The van der Waals surface area contributed by atoms with Crippen molar-refractivity contribution in [2.24, 2.45) is 0 Å². The van der Waals surface area contributed by atoms with Crippen LogP contribution in [0.1, 0.15) is 12.5 Å². The second-order valence-electron chi connectivity index (χ2n) is 5.59. The quantitative estimate of drug-likeness (QED) is 0.716. The summed E-state index contributed by atoms with van der Waals surface area (Å²) in [5.74, 6) is -0.756. The van der Waals surface area contributed by atoms with E-state index in [4.69, 9.17) is 4.74 Å². The summed E-state index contributed by atoms with van der Waals surface area (Å²) in [6, 6.07) is 7.40. The van der Waals surface area contributed by atoms with Crippen molar-refractivity contribution in [3.63, 3.8) is 0 Å². The number of anilines is 1. The highest BCUT2D eigenvalue weighted by molar-refractivity contribution is 9.10. The smallest absolute Gasteiger partial charge is 0.242 e. The molecule has 0 heterocycles. The van der Waals surface area contributed by atoms with Gasteiger partial charge < -0.3 is 10.1 Å². The third kappa shape index (κ3) is 4.80. The van der Waals surface area contributed by atoms with Crippen LogP contribution in [0.2, 0.25) is 0 Å². The second kappa shape index (κ2) is 8.15. The number of sulfonamides is 1. The zero-order valence-electron chi connectivity index (χ0n) is 14.3. The van der Waals surface area contributed by atoms with Crippen molar-refractivity contribution in [1.82, 2.24) is 4.72 Å². The minimum Gasteiger partial charge on any atom is -0.496 e. The number of hydrogen-bond donors (Lipinski definition) is 2. The molecule has 0 aliphatic rings. The summed E-state index contributed by atoms with van der Waals surface area (Å²) in [5.41, 5.74) is 0.606. The summed E-state index contributed by atoms with van der Waals surface area (Å²) < 4.78 is 46.6. The standard InChI is InChI=1S/C17H18BrFN2O4S/c1-10-8-13(5-7-16(10)25-3)26(23,24)21-11(2)17(22)20-15-6-4-12(18)9-14(15)19/h4-9,11,21H,1-3H3,(H,20,22)/t11-/m1/s1. The van der Waals surface area contributed by atoms with Crippen molar-refractivity contribution in [3.8, 4) is 5.75 Å². The van der Waals surface area contributed by atoms with Crippen LogP contribution in [0.3, 0.4) is 0 Å². The van der Waals surface area contributed by atoms with E-state index in [0.29, 0.717) is 15.8 Å². The number of nitrogens with one attached hydrogen (secondary N) is 2. The second-order valence-corrected chi connectivity index (χ2v) is 8.22. The molecule has 1 amide bonds. The molecule has 2 aromatic rings. The van der Waals surface area contributed by atoms with E-state index in [1.807, 2.05) is 0 Å². The van der Waals surface area contributed by atoms with Crippen LogP contribution in [-0.2, 0) is 14.8 Å². The fourth-order valence-electron chi connectivity index (χ4n) is 2.20. The van der Waals surface area contributed by atoms with Crippen molar-refractivity contribution in [2.45, 2.75) is 24.8 Å². The van der Waals surface area contributed by atoms with Crippen LogP contribution in [0.5, 0.6) is 5.75 Å². The third-order valence-corrected chi connectivity index (χ3v) is 5.62. The Morgan fingerprint density at radius 2 is 1.92 bits per heavy atom. The van der Waals surface area contributed by atoms with E-state index in [9.17, 15) is 17.6 Å². The van der Waals surface area contributed by atoms with Crippen LogP contribution in [0.4, 0.5) is 10.1 Å². The van der Waals surface area contributed by atoms with Crippen molar-refractivity contribution in [1.29, 1.82) is 0 Å². The van der Waals surface area contributed by atoms with Gasteiger partial charge in [-0.15, -0.1) is 0 Å². The highest BCUT2D eigenvalue weighted by Crippen LogP contribution is 2.22. The number of halogens is 2. The van der Waals surface area contributed by atoms with E-state index in [1.54, 1.807) is 13.0 Å². The van der Waals surface area contributed by atoms with Gasteiger partial charge in [0.25, 0.3) is 0 Å². The lowest BCUT2D eigenvalue weighted by Crippen LogP contribution is -2.41. The van der Waals surface area contributed by atoms with E-state index in [0.717, 1.165) is 0 Å². The molecule has 1 atom stereocenters. The van der Waals surface area contributed by atoms with Crippen molar-refractivity contribution >= 4 is 37.5 Å². The molecular formula is C17H18BrFN2O4S. The molecule has 140 valence electrons. The SMILES string of the molecule is COc1ccc(S(=O)(=O)N[C@H](C)C(=O)Nc2ccc(Br)cc2F)cc1C. The van der Waals surface area contributed by atoms with Crippen LogP contribution >= 0.6 is 15.9 Å². The number of carbonyl (C=O) groups excluding carboxylic acids is 1. The van der Waals surface area contributed by atoms with Gasteiger partial charge in [-0.05, 0) is 55.8 Å². The minimum absolute atomic E-state index is 0.00488. The number of ether oxygens (including phenoxy) is 1. The normalized spacial score (nSPS) is 12.5. The van der Waals surface area contributed by atoms with Crippen LogP contribution < -0.4 is 14.8 Å². The number of aryl methyl sites for hydroxylation is 1. The van der Waals surface area contributed by atoms with Gasteiger partial charge in [0.2, 0.25) is 15.9 Å². The molecular weight excluding hydrogens is 427 g/mol. The predicted octanol–water partition coefficient (Wildman–Crippen LogP) is 3.21. The Labute approximate surface area is 159 Å². The zero-order valence-corrected chi connectivity index (χ0v) is 16.7. The van der Waals surface area contributed by atoms with Crippen molar-refractivity contribution < 1.29 is 22.3 Å². The highest BCUT2D eigenvalue weighted by atomic mass is 79.9.